The van der Waals surface area contributed by atoms with Gasteiger partial charge in [-0.3, -0.25) is 0 Å². The average Bonchev–Trinajstić information content (AvgIpc) is 3.23. The van der Waals surface area contributed by atoms with Crippen LogP contribution in [0.3, 0.4) is 0 Å². The summed E-state index contributed by atoms with van der Waals surface area (Å²) in [5, 5.41) is 0. The van der Waals surface area contributed by atoms with Crippen molar-refractivity contribution in [2.45, 2.75) is 0 Å². The van der Waals surface area contributed by atoms with E-state index in [2.05, 4.69) is 127 Å². The van der Waals surface area contributed by atoms with Gasteiger partial charge in [0.25, 0.3) is 0 Å². The molecular weight excluding hydrogens is 870 g/mol. The van der Waals surface area contributed by atoms with E-state index >= 15 is 4.79 Å². The van der Waals surface area contributed by atoms with E-state index in [1.54, 1.807) is 16.1 Å². The normalized spacial score (nSPS) is 11.8. The maximum absolute atomic E-state index is 15.5. The summed E-state index contributed by atoms with van der Waals surface area (Å²) in [6.45, 7) is 0. The van der Waals surface area contributed by atoms with E-state index < -0.39 is 35.8 Å². The van der Waals surface area contributed by atoms with Crippen molar-refractivity contribution in [1.29, 1.82) is 0 Å². The second-order valence-corrected chi connectivity index (χ2v) is 37.1. The van der Waals surface area contributed by atoms with E-state index in [0.717, 1.165) is 22.1 Å². The maximum atomic E-state index is 15.5. The molecule has 0 fully saturated rings. The SMILES string of the molecule is COc1ccc(/C=C(/[S][Sn]([c]2ccccc2)([c]2ccccc2)[c]2ccccc2)C(=O)[O][Sn]([c]2ccccc2)([c]2ccccc2)[c]2ccccc2)cc1. The van der Waals surface area contributed by atoms with Crippen LogP contribution in [0.15, 0.2) is 211 Å². The first-order valence-corrected chi connectivity index (χ1v) is 31.3. The molecule has 7 rings (SSSR count). The number of hydrogen-bond acceptors (Lipinski definition) is 4. The van der Waals surface area contributed by atoms with Crippen LogP contribution in [0.5, 0.6) is 5.75 Å². The molecule has 52 heavy (non-hydrogen) atoms. The molecule has 254 valence electrons. The average molecular weight is 908 g/mol. The standard InChI is InChI=1S/C10H10O3S.6C6H5.2Sn/c1-13-8-4-2-7(3-5-8)6-9(14)10(11)12;6*1-2-4-6-5-3-1;;/h2-6,14H,1H3,(H,11,12);6*1-5H;;/q;;;;;;;2*+1/p-2/b9-6+;;;;;;;;. The van der Waals surface area contributed by atoms with E-state index in [4.69, 9.17) is 7.81 Å². The van der Waals surface area contributed by atoms with Crippen molar-refractivity contribution >= 4 is 78.3 Å². The number of hydrogen-bond donors (Lipinski definition) is 0. The van der Waals surface area contributed by atoms with Gasteiger partial charge in [-0.1, -0.05) is 0 Å². The van der Waals surface area contributed by atoms with E-state index in [-0.39, 0.29) is 5.97 Å². The Kier molecular flexibility index (Phi) is 11.7. The molecule has 0 radical (unpaired) electrons. The van der Waals surface area contributed by atoms with Crippen LogP contribution < -0.4 is 26.2 Å². The summed E-state index contributed by atoms with van der Waals surface area (Å²) < 4.78 is 19.8. The Labute approximate surface area is 317 Å². The zero-order chi connectivity index (χ0) is 35.6. The molecule has 0 aromatic heterocycles. The zero-order valence-corrected chi connectivity index (χ0v) is 35.4. The van der Waals surface area contributed by atoms with Crippen LogP contribution in [0.4, 0.5) is 0 Å². The summed E-state index contributed by atoms with van der Waals surface area (Å²) in [6, 6.07) is 71.3. The van der Waals surface area contributed by atoms with Crippen molar-refractivity contribution in [1.82, 2.24) is 0 Å². The number of methoxy groups -OCH3 is 1. The molecule has 0 saturated carbocycles. The number of rotatable bonds is 12. The summed E-state index contributed by atoms with van der Waals surface area (Å²) in [6.07, 6.45) is 2.02. The van der Waals surface area contributed by atoms with Gasteiger partial charge in [0.05, 0.1) is 0 Å². The van der Waals surface area contributed by atoms with Crippen molar-refractivity contribution in [2.24, 2.45) is 0 Å². The molecule has 0 aliphatic rings. The van der Waals surface area contributed by atoms with Gasteiger partial charge in [-0.05, 0) is 0 Å². The van der Waals surface area contributed by atoms with Crippen molar-refractivity contribution in [2.75, 3.05) is 7.11 Å². The number of carbonyl (C=O) groups is 1. The van der Waals surface area contributed by atoms with Crippen molar-refractivity contribution < 1.29 is 12.6 Å². The Morgan fingerprint density at radius 3 is 1.12 bits per heavy atom. The van der Waals surface area contributed by atoms with Crippen LogP contribution in [0.2, 0.25) is 0 Å². The van der Waals surface area contributed by atoms with Crippen LogP contribution >= 0.6 is 8.95 Å². The van der Waals surface area contributed by atoms with Crippen LogP contribution in [0.1, 0.15) is 5.56 Å². The van der Waals surface area contributed by atoms with Gasteiger partial charge < -0.3 is 0 Å². The van der Waals surface area contributed by atoms with Gasteiger partial charge in [0, 0.05) is 0 Å². The van der Waals surface area contributed by atoms with Gasteiger partial charge in [0.1, 0.15) is 0 Å². The van der Waals surface area contributed by atoms with Gasteiger partial charge in [-0.2, -0.15) is 0 Å². The van der Waals surface area contributed by atoms with Crippen LogP contribution in [-0.2, 0) is 7.87 Å². The molecule has 0 bridgehead atoms. The fourth-order valence-electron chi connectivity index (χ4n) is 6.73. The Bertz CT molecular complexity index is 2020. The van der Waals surface area contributed by atoms with E-state index in [1.165, 1.54) is 10.7 Å². The fraction of sp³-hybridized carbons (Fsp3) is 0.0217. The van der Waals surface area contributed by atoms with Crippen molar-refractivity contribution in [3.63, 3.8) is 0 Å². The summed E-state index contributed by atoms with van der Waals surface area (Å²) >= 11 is -8.61. The van der Waals surface area contributed by atoms with E-state index in [0.29, 0.717) is 4.91 Å². The molecule has 0 aliphatic carbocycles. The predicted molar refractivity (Wildman–Crippen MR) is 223 cm³/mol. The molecule has 0 heterocycles. The fourth-order valence-corrected chi connectivity index (χ4v) is 36.9. The van der Waals surface area contributed by atoms with Gasteiger partial charge >= 0.3 is 320 Å². The molecule has 7 aromatic carbocycles. The molecule has 6 heteroatoms. The summed E-state index contributed by atoms with van der Waals surface area (Å²) in [7, 11) is 3.40. The third-order valence-corrected chi connectivity index (χ3v) is 40.3. The Hall–Kier alpha value is -4.50. The monoisotopic (exact) mass is 910 g/mol. The summed E-state index contributed by atoms with van der Waals surface area (Å²) in [4.78, 5) is 16.1. The molecule has 0 amide bonds. The quantitative estimate of drug-likeness (QED) is 0.102. The molecule has 0 unspecified atom stereocenters. The first-order chi connectivity index (χ1) is 25.6. The second-order valence-electron chi connectivity index (χ2n) is 12.3. The predicted octanol–water partition coefficient (Wildman–Crippen LogP) is 6.65. The summed E-state index contributed by atoms with van der Waals surface area (Å²) in [5.74, 6) is 0.449. The molecule has 3 nitrogen and oxygen atoms in total. The van der Waals surface area contributed by atoms with Gasteiger partial charge in [0.15, 0.2) is 0 Å². The number of carbonyl (C=O) groups excluding carboxylic acids is 1. The van der Waals surface area contributed by atoms with Crippen LogP contribution in [0, 0.1) is 0 Å². The number of ether oxygens (including phenoxy) is 1. The molecule has 0 aliphatic heterocycles. The van der Waals surface area contributed by atoms with E-state index in [9.17, 15) is 0 Å². The Balaban J connectivity index is 1.47. The second kappa shape index (κ2) is 16.9. The first kappa shape index (κ1) is 35.9. The molecule has 0 atom stereocenters. The summed E-state index contributed by atoms with van der Waals surface area (Å²) in [5.41, 5.74) is 0.898. The van der Waals surface area contributed by atoms with Gasteiger partial charge in [0.2, 0.25) is 0 Å². The molecule has 0 spiro atoms. The molecule has 0 saturated heterocycles. The molecule has 0 N–H and O–H groups in total. The third kappa shape index (κ3) is 7.51. The zero-order valence-electron chi connectivity index (χ0n) is 28.8. The van der Waals surface area contributed by atoms with Gasteiger partial charge in [-0.15, -0.1) is 0 Å². The van der Waals surface area contributed by atoms with Crippen molar-refractivity contribution in [3.8, 4) is 5.75 Å². The van der Waals surface area contributed by atoms with Crippen LogP contribution in [-0.4, -0.2) is 48.9 Å². The topological polar surface area (TPSA) is 35.5 Å². The van der Waals surface area contributed by atoms with Crippen LogP contribution in [0.25, 0.3) is 6.08 Å². The number of benzene rings is 7. The molecular formula is C46H38O3SSn2. The Morgan fingerprint density at radius 2 is 0.788 bits per heavy atom. The minimum absolute atomic E-state index is 0.308. The minimum atomic E-state index is -4.50. The molecule has 7 aromatic rings. The van der Waals surface area contributed by atoms with Gasteiger partial charge in [-0.25, -0.2) is 0 Å². The third-order valence-electron chi connectivity index (χ3n) is 9.21. The van der Waals surface area contributed by atoms with E-state index in [1.807, 2.05) is 84.9 Å². The van der Waals surface area contributed by atoms with Crippen molar-refractivity contribution in [3.05, 3.63) is 217 Å². The Morgan fingerprint density at radius 1 is 0.462 bits per heavy atom. The first-order valence-electron chi connectivity index (χ1n) is 17.2.